The lowest BCUT2D eigenvalue weighted by atomic mass is 9.96. The van der Waals surface area contributed by atoms with Crippen LogP contribution in [0.2, 0.25) is 0 Å². The average molecular weight is 401 g/mol. The van der Waals surface area contributed by atoms with Gasteiger partial charge < -0.3 is 5.32 Å². The zero-order valence-corrected chi connectivity index (χ0v) is 16.6. The van der Waals surface area contributed by atoms with E-state index in [0.717, 1.165) is 4.88 Å². The van der Waals surface area contributed by atoms with E-state index in [2.05, 4.69) is 20.7 Å². The van der Waals surface area contributed by atoms with Gasteiger partial charge in [0, 0.05) is 15.9 Å². The number of thiophene rings is 1. The van der Waals surface area contributed by atoms with Crippen LogP contribution in [0.5, 0.6) is 0 Å². The second-order valence-electron chi connectivity index (χ2n) is 7.28. The number of ketones is 1. The van der Waals surface area contributed by atoms with Crippen LogP contribution in [-0.2, 0) is 17.9 Å². The summed E-state index contributed by atoms with van der Waals surface area (Å²) in [6.07, 6.45) is 0. The molecule has 1 N–H and O–H groups in total. The molecular weight excluding hydrogens is 381 g/mol. The summed E-state index contributed by atoms with van der Waals surface area (Å²) in [5, 5.41) is 14.7. The quantitative estimate of drug-likeness (QED) is 0.641. The Morgan fingerprint density at radius 3 is 2.71 bits per heavy atom. The molecular formula is C19H20FN5O2S. The zero-order valence-electron chi connectivity index (χ0n) is 15.8. The van der Waals surface area contributed by atoms with Crippen LogP contribution in [0.1, 0.15) is 35.3 Å². The minimum Gasteiger partial charge on any atom is -0.351 e. The van der Waals surface area contributed by atoms with Crippen LogP contribution in [0.25, 0.3) is 11.4 Å². The molecule has 3 rings (SSSR count). The molecule has 0 aliphatic carbocycles. The number of Topliss-reactive ketones (excluding diaryl/α,β-unsaturated/α-hetero) is 1. The first-order chi connectivity index (χ1) is 13.2. The Labute approximate surface area is 165 Å². The van der Waals surface area contributed by atoms with Gasteiger partial charge in [-0.2, -0.15) is 4.80 Å². The van der Waals surface area contributed by atoms with E-state index in [4.69, 9.17) is 0 Å². The van der Waals surface area contributed by atoms with Crippen molar-refractivity contribution in [1.82, 2.24) is 25.5 Å². The smallest absolute Gasteiger partial charge is 0.225 e. The van der Waals surface area contributed by atoms with Crippen molar-refractivity contribution in [2.75, 3.05) is 0 Å². The Hall–Kier alpha value is -2.94. The highest BCUT2D eigenvalue weighted by Gasteiger charge is 2.21. The second kappa shape index (κ2) is 7.97. The SMILES string of the molecule is CC(C)(C)C(=O)NCc1ccc(C(=O)Cn2nnc(-c3cccc(F)c3)n2)s1. The third-order valence-electron chi connectivity index (χ3n) is 3.86. The first kappa shape index (κ1) is 19.8. The largest absolute Gasteiger partial charge is 0.351 e. The van der Waals surface area contributed by atoms with Crippen molar-refractivity contribution in [1.29, 1.82) is 0 Å². The Kier molecular flexibility index (Phi) is 5.64. The lowest BCUT2D eigenvalue weighted by molar-refractivity contribution is -0.128. The fourth-order valence-electron chi connectivity index (χ4n) is 2.32. The molecule has 2 heterocycles. The van der Waals surface area contributed by atoms with Gasteiger partial charge in [0.05, 0.1) is 11.4 Å². The van der Waals surface area contributed by atoms with Crippen molar-refractivity contribution in [2.45, 2.75) is 33.9 Å². The van der Waals surface area contributed by atoms with E-state index in [1.807, 2.05) is 26.8 Å². The molecule has 2 aromatic heterocycles. The molecule has 28 heavy (non-hydrogen) atoms. The number of halogens is 1. The van der Waals surface area contributed by atoms with E-state index in [0.29, 0.717) is 17.0 Å². The molecule has 0 saturated carbocycles. The highest BCUT2D eigenvalue weighted by molar-refractivity contribution is 7.14. The van der Waals surface area contributed by atoms with Crippen LogP contribution in [-0.4, -0.2) is 31.9 Å². The molecule has 0 bridgehead atoms. The van der Waals surface area contributed by atoms with Crippen molar-refractivity contribution in [3.8, 4) is 11.4 Å². The summed E-state index contributed by atoms with van der Waals surface area (Å²) in [6, 6.07) is 9.39. The third kappa shape index (κ3) is 4.86. The zero-order chi connectivity index (χ0) is 20.3. The number of carbonyl (C=O) groups excluding carboxylic acids is 2. The maximum absolute atomic E-state index is 13.3. The summed E-state index contributed by atoms with van der Waals surface area (Å²) in [5.74, 6) is -0.356. The minimum atomic E-state index is -0.464. The van der Waals surface area contributed by atoms with Gasteiger partial charge in [0.15, 0.2) is 5.78 Å². The predicted octanol–water partition coefficient (Wildman–Crippen LogP) is 3.09. The Morgan fingerprint density at radius 1 is 1.21 bits per heavy atom. The molecule has 0 fully saturated rings. The molecule has 0 aliphatic heterocycles. The number of nitrogens with zero attached hydrogens (tertiary/aromatic N) is 4. The van der Waals surface area contributed by atoms with Gasteiger partial charge in [-0.05, 0) is 29.5 Å². The first-order valence-corrected chi connectivity index (χ1v) is 9.48. The van der Waals surface area contributed by atoms with Gasteiger partial charge in [0.1, 0.15) is 12.4 Å². The summed E-state index contributed by atoms with van der Waals surface area (Å²) >= 11 is 1.31. The molecule has 0 aliphatic rings. The number of amides is 1. The molecule has 0 unspecified atom stereocenters. The van der Waals surface area contributed by atoms with Gasteiger partial charge in [0.25, 0.3) is 0 Å². The highest BCUT2D eigenvalue weighted by atomic mass is 32.1. The molecule has 0 radical (unpaired) electrons. The van der Waals surface area contributed by atoms with Gasteiger partial charge in [-0.1, -0.05) is 32.9 Å². The summed E-state index contributed by atoms with van der Waals surface area (Å²) in [4.78, 5) is 27.0. The number of hydrogen-bond acceptors (Lipinski definition) is 6. The maximum atomic E-state index is 13.3. The lowest BCUT2D eigenvalue weighted by Gasteiger charge is -2.17. The van der Waals surface area contributed by atoms with Crippen LogP contribution >= 0.6 is 11.3 Å². The van der Waals surface area contributed by atoms with Gasteiger partial charge >= 0.3 is 0 Å². The molecule has 146 valence electrons. The van der Waals surface area contributed by atoms with Crippen molar-refractivity contribution >= 4 is 23.0 Å². The lowest BCUT2D eigenvalue weighted by Crippen LogP contribution is -2.34. The number of aromatic nitrogens is 4. The monoisotopic (exact) mass is 401 g/mol. The number of nitrogens with one attached hydrogen (secondary N) is 1. The number of tetrazole rings is 1. The Bertz CT molecular complexity index is 1010. The highest BCUT2D eigenvalue weighted by Crippen LogP contribution is 2.19. The number of hydrogen-bond donors (Lipinski definition) is 1. The molecule has 0 spiro atoms. The van der Waals surface area contributed by atoms with Gasteiger partial charge in [-0.25, -0.2) is 4.39 Å². The van der Waals surface area contributed by atoms with Gasteiger partial charge in [-0.15, -0.1) is 21.5 Å². The standard InChI is InChI=1S/C19H20FN5O2S/c1-19(2,3)18(27)21-10-14-7-8-16(28-14)15(26)11-25-23-17(22-24-25)12-5-4-6-13(20)9-12/h4-9H,10-11H2,1-3H3,(H,21,27). The first-order valence-electron chi connectivity index (χ1n) is 8.66. The van der Waals surface area contributed by atoms with Crippen molar-refractivity contribution in [2.24, 2.45) is 5.41 Å². The molecule has 0 saturated heterocycles. The van der Waals surface area contributed by atoms with Crippen molar-refractivity contribution in [3.05, 3.63) is 52.0 Å². The molecule has 1 amide bonds. The van der Waals surface area contributed by atoms with E-state index in [-0.39, 0.29) is 24.1 Å². The van der Waals surface area contributed by atoms with E-state index in [1.54, 1.807) is 18.2 Å². The van der Waals surface area contributed by atoms with Crippen LogP contribution in [0.4, 0.5) is 4.39 Å². The number of carbonyl (C=O) groups is 2. The summed E-state index contributed by atoms with van der Waals surface area (Å²) in [7, 11) is 0. The molecule has 1 aromatic carbocycles. The van der Waals surface area contributed by atoms with Crippen LogP contribution in [0, 0.1) is 11.2 Å². The summed E-state index contributed by atoms with van der Waals surface area (Å²) < 4.78 is 13.3. The van der Waals surface area contributed by atoms with Crippen LogP contribution < -0.4 is 5.32 Å². The van der Waals surface area contributed by atoms with Gasteiger partial charge in [-0.3, -0.25) is 9.59 Å². The fraction of sp³-hybridized carbons (Fsp3) is 0.316. The minimum absolute atomic E-state index is 0.0505. The summed E-state index contributed by atoms with van der Waals surface area (Å²) in [5.41, 5.74) is 0.0281. The molecule has 3 aromatic rings. The topological polar surface area (TPSA) is 89.8 Å². The third-order valence-corrected chi connectivity index (χ3v) is 4.99. The van der Waals surface area contributed by atoms with Crippen molar-refractivity contribution < 1.29 is 14.0 Å². The fourth-order valence-corrected chi connectivity index (χ4v) is 3.19. The Morgan fingerprint density at radius 2 is 2.00 bits per heavy atom. The molecule has 0 atom stereocenters. The average Bonchev–Trinajstić information content (AvgIpc) is 3.28. The van der Waals surface area contributed by atoms with E-state index in [1.165, 1.54) is 28.3 Å². The van der Waals surface area contributed by atoms with E-state index >= 15 is 0 Å². The summed E-state index contributed by atoms with van der Waals surface area (Å²) in [6.45, 7) is 5.83. The molecule has 9 heteroatoms. The maximum Gasteiger partial charge on any atom is 0.225 e. The normalized spacial score (nSPS) is 11.4. The van der Waals surface area contributed by atoms with Gasteiger partial charge in [0.2, 0.25) is 11.7 Å². The van der Waals surface area contributed by atoms with Crippen LogP contribution in [0.15, 0.2) is 36.4 Å². The van der Waals surface area contributed by atoms with Crippen molar-refractivity contribution in [3.63, 3.8) is 0 Å². The van der Waals surface area contributed by atoms with E-state index < -0.39 is 11.2 Å². The van der Waals surface area contributed by atoms with E-state index in [9.17, 15) is 14.0 Å². The molecule has 7 nitrogen and oxygen atoms in total. The number of benzene rings is 1. The number of rotatable bonds is 6. The second-order valence-corrected chi connectivity index (χ2v) is 8.44. The Balaban J connectivity index is 1.61. The van der Waals surface area contributed by atoms with Crippen LogP contribution in [0.3, 0.4) is 0 Å². The predicted molar refractivity (Wildman–Crippen MR) is 103 cm³/mol.